The van der Waals surface area contributed by atoms with Gasteiger partial charge in [0.1, 0.15) is 5.76 Å². The maximum Gasteiger partial charge on any atom is 0.287 e. The van der Waals surface area contributed by atoms with Gasteiger partial charge < -0.3 is 15.5 Å². The molecule has 0 atom stereocenters. The molecule has 0 aliphatic heterocycles. The van der Waals surface area contributed by atoms with Crippen molar-refractivity contribution in [3.05, 3.63) is 59.0 Å². The fourth-order valence-corrected chi connectivity index (χ4v) is 1.62. The number of carbonyl (C=O) groups is 1. The van der Waals surface area contributed by atoms with Crippen LogP contribution in [0.1, 0.15) is 27.4 Å². The van der Waals surface area contributed by atoms with Crippen molar-refractivity contribution in [2.45, 2.75) is 20.0 Å². The monoisotopic (exact) mass is 244 g/mol. The van der Waals surface area contributed by atoms with Gasteiger partial charge in [-0.3, -0.25) is 4.79 Å². The highest BCUT2D eigenvalue weighted by atomic mass is 16.3. The Bertz CT molecular complexity index is 529. The lowest BCUT2D eigenvalue weighted by atomic mass is 10.1. The van der Waals surface area contributed by atoms with Gasteiger partial charge in [-0.25, -0.2) is 0 Å². The second kappa shape index (κ2) is 5.51. The fraction of sp³-hybridized carbons (Fsp3) is 0.214. The van der Waals surface area contributed by atoms with E-state index in [1.807, 2.05) is 31.2 Å². The van der Waals surface area contributed by atoms with Crippen molar-refractivity contribution < 1.29 is 9.21 Å². The minimum absolute atomic E-state index is 0.203. The van der Waals surface area contributed by atoms with E-state index < -0.39 is 0 Å². The Morgan fingerprint density at radius 1 is 1.17 bits per heavy atom. The maximum absolute atomic E-state index is 11.7. The summed E-state index contributed by atoms with van der Waals surface area (Å²) in [4.78, 5) is 11.7. The zero-order valence-corrected chi connectivity index (χ0v) is 10.3. The summed E-state index contributed by atoms with van der Waals surface area (Å²) in [6.45, 7) is 2.81. The normalized spacial score (nSPS) is 10.3. The van der Waals surface area contributed by atoms with Crippen LogP contribution in [0.3, 0.4) is 0 Å². The molecule has 0 aliphatic rings. The molecule has 0 spiro atoms. The van der Waals surface area contributed by atoms with Gasteiger partial charge in [0.2, 0.25) is 0 Å². The molecule has 4 heteroatoms. The summed E-state index contributed by atoms with van der Waals surface area (Å²) in [6.07, 6.45) is 0. The molecule has 0 fully saturated rings. The van der Waals surface area contributed by atoms with Crippen molar-refractivity contribution in [1.82, 2.24) is 5.32 Å². The van der Waals surface area contributed by atoms with Crippen molar-refractivity contribution in [2.24, 2.45) is 5.73 Å². The van der Waals surface area contributed by atoms with Crippen molar-refractivity contribution in [3.8, 4) is 0 Å². The van der Waals surface area contributed by atoms with Crippen LogP contribution in [0.4, 0.5) is 0 Å². The van der Waals surface area contributed by atoms with E-state index in [1.54, 1.807) is 12.1 Å². The van der Waals surface area contributed by atoms with Crippen LogP contribution in [0.15, 0.2) is 40.8 Å². The predicted molar refractivity (Wildman–Crippen MR) is 68.9 cm³/mol. The van der Waals surface area contributed by atoms with Gasteiger partial charge in [0.25, 0.3) is 5.91 Å². The van der Waals surface area contributed by atoms with E-state index >= 15 is 0 Å². The lowest BCUT2D eigenvalue weighted by Crippen LogP contribution is -2.22. The highest BCUT2D eigenvalue weighted by Crippen LogP contribution is 2.07. The molecule has 18 heavy (non-hydrogen) atoms. The summed E-state index contributed by atoms with van der Waals surface area (Å²) in [5.41, 5.74) is 7.63. The largest absolute Gasteiger partial charge is 0.456 e. The molecule has 1 amide bonds. The summed E-state index contributed by atoms with van der Waals surface area (Å²) in [6, 6.07) is 11.3. The molecule has 0 saturated carbocycles. The number of amides is 1. The Labute approximate surface area is 106 Å². The number of aryl methyl sites for hydroxylation is 1. The molecule has 2 aromatic rings. The first-order chi connectivity index (χ1) is 8.69. The average Bonchev–Trinajstić information content (AvgIpc) is 2.83. The Balaban J connectivity index is 1.92. The standard InChI is InChI=1S/C14H16N2O2/c1-10-2-7-13(18-10)14(17)16-9-12-5-3-11(8-15)4-6-12/h2-7H,8-9,15H2,1H3,(H,16,17). The van der Waals surface area contributed by atoms with Crippen molar-refractivity contribution in [3.63, 3.8) is 0 Å². The van der Waals surface area contributed by atoms with E-state index in [0.717, 1.165) is 16.9 Å². The zero-order valence-electron chi connectivity index (χ0n) is 10.3. The average molecular weight is 244 g/mol. The molecular weight excluding hydrogens is 228 g/mol. The zero-order chi connectivity index (χ0) is 13.0. The Hall–Kier alpha value is -2.07. The first-order valence-electron chi connectivity index (χ1n) is 5.81. The van der Waals surface area contributed by atoms with Gasteiger partial charge in [-0.2, -0.15) is 0 Å². The molecule has 2 rings (SSSR count). The molecule has 4 nitrogen and oxygen atoms in total. The van der Waals surface area contributed by atoms with Gasteiger partial charge in [0, 0.05) is 13.1 Å². The summed E-state index contributed by atoms with van der Waals surface area (Å²) in [5, 5.41) is 2.80. The number of hydrogen-bond donors (Lipinski definition) is 2. The van der Waals surface area contributed by atoms with Crippen LogP contribution >= 0.6 is 0 Å². The summed E-state index contributed by atoms with van der Waals surface area (Å²) < 4.78 is 5.24. The first-order valence-corrected chi connectivity index (χ1v) is 5.81. The lowest BCUT2D eigenvalue weighted by molar-refractivity contribution is 0.0922. The van der Waals surface area contributed by atoms with E-state index in [0.29, 0.717) is 18.8 Å². The minimum atomic E-state index is -0.203. The summed E-state index contributed by atoms with van der Waals surface area (Å²) in [5.74, 6) is 0.865. The molecule has 1 heterocycles. The Kier molecular flexibility index (Phi) is 3.79. The summed E-state index contributed by atoms with van der Waals surface area (Å²) >= 11 is 0. The smallest absolute Gasteiger partial charge is 0.287 e. The van der Waals surface area contributed by atoms with E-state index in [4.69, 9.17) is 10.2 Å². The Morgan fingerprint density at radius 2 is 1.83 bits per heavy atom. The van der Waals surface area contributed by atoms with Crippen molar-refractivity contribution >= 4 is 5.91 Å². The lowest BCUT2D eigenvalue weighted by Gasteiger charge is -2.04. The van der Waals surface area contributed by atoms with Gasteiger partial charge in [-0.05, 0) is 30.2 Å². The van der Waals surface area contributed by atoms with E-state index in [-0.39, 0.29) is 5.91 Å². The van der Waals surface area contributed by atoms with Crippen molar-refractivity contribution in [1.29, 1.82) is 0 Å². The molecule has 0 unspecified atom stereocenters. The second-order valence-corrected chi connectivity index (χ2v) is 4.11. The Morgan fingerprint density at radius 3 is 2.39 bits per heavy atom. The van der Waals surface area contributed by atoms with Crippen LogP contribution in [0.2, 0.25) is 0 Å². The van der Waals surface area contributed by atoms with Crippen LogP contribution in [-0.2, 0) is 13.1 Å². The second-order valence-electron chi connectivity index (χ2n) is 4.11. The van der Waals surface area contributed by atoms with Gasteiger partial charge in [0.15, 0.2) is 5.76 Å². The summed E-state index contributed by atoms with van der Waals surface area (Å²) in [7, 11) is 0. The number of rotatable bonds is 4. The van der Waals surface area contributed by atoms with Crippen LogP contribution in [0.25, 0.3) is 0 Å². The van der Waals surface area contributed by atoms with Gasteiger partial charge in [-0.15, -0.1) is 0 Å². The predicted octanol–water partition coefficient (Wildman–Crippen LogP) is 1.98. The third kappa shape index (κ3) is 2.99. The third-order valence-corrected chi connectivity index (χ3v) is 2.68. The molecule has 1 aromatic carbocycles. The molecular formula is C14H16N2O2. The quantitative estimate of drug-likeness (QED) is 0.864. The van der Waals surface area contributed by atoms with Crippen LogP contribution in [-0.4, -0.2) is 5.91 Å². The van der Waals surface area contributed by atoms with Crippen LogP contribution < -0.4 is 11.1 Å². The first kappa shape index (κ1) is 12.4. The van der Waals surface area contributed by atoms with E-state index in [9.17, 15) is 4.79 Å². The number of furan rings is 1. The van der Waals surface area contributed by atoms with Gasteiger partial charge >= 0.3 is 0 Å². The van der Waals surface area contributed by atoms with Crippen molar-refractivity contribution in [2.75, 3.05) is 0 Å². The highest BCUT2D eigenvalue weighted by Gasteiger charge is 2.08. The number of nitrogens with one attached hydrogen (secondary N) is 1. The number of benzene rings is 1. The number of hydrogen-bond acceptors (Lipinski definition) is 3. The minimum Gasteiger partial charge on any atom is -0.456 e. The molecule has 0 aliphatic carbocycles. The molecule has 0 saturated heterocycles. The van der Waals surface area contributed by atoms with Crippen LogP contribution in [0, 0.1) is 6.92 Å². The molecule has 0 radical (unpaired) electrons. The molecule has 94 valence electrons. The van der Waals surface area contributed by atoms with E-state index in [2.05, 4.69) is 5.32 Å². The van der Waals surface area contributed by atoms with E-state index in [1.165, 1.54) is 0 Å². The van der Waals surface area contributed by atoms with Gasteiger partial charge in [-0.1, -0.05) is 24.3 Å². The number of nitrogens with two attached hydrogens (primary N) is 1. The number of carbonyl (C=O) groups excluding carboxylic acids is 1. The highest BCUT2D eigenvalue weighted by molar-refractivity contribution is 5.91. The van der Waals surface area contributed by atoms with Crippen LogP contribution in [0.5, 0.6) is 0 Å². The molecule has 3 N–H and O–H groups in total. The van der Waals surface area contributed by atoms with Gasteiger partial charge in [0.05, 0.1) is 0 Å². The SMILES string of the molecule is Cc1ccc(C(=O)NCc2ccc(CN)cc2)o1. The third-order valence-electron chi connectivity index (χ3n) is 2.68. The fourth-order valence-electron chi connectivity index (χ4n) is 1.62. The topological polar surface area (TPSA) is 68.3 Å². The maximum atomic E-state index is 11.7. The molecule has 0 bridgehead atoms. The molecule has 1 aromatic heterocycles.